The van der Waals surface area contributed by atoms with E-state index in [1.54, 1.807) is 4.90 Å². The Hall–Kier alpha value is -3.80. The number of hydrogen-bond acceptors (Lipinski definition) is 6. The average molecular weight is 443 g/mol. The summed E-state index contributed by atoms with van der Waals surface area (Å²) in [7, 11) is 0. The highest BCUT2D eigenvalue weighted by Gasteiger charge is 2.47. The topological polar surface area (TPSA) is 65.1 Å². The Morgan fingerprint density at radius 2 is 1.52 bits per heavy atom. The first-order chi connectivity index (χ1) is 16.0. The number of hydrogen-bond donors (Lipinski definition) is 0. The molecule has 2 aliphatic rings. The van der Waals surface area contributed by atoms with Crippen molar-refractivity contribution in [1.29, 1.82) is 0 Å². The van der Waals surface area contributed by atoms with E-state index < -0.39 is 17.6 Å². The molecule has 2 unspecified atom stereocenters. The van der Waals surface area contributed by atoms with Gasteiger partial charge in [-0.3, -0.25) is 4.79 Å². The summed E-state index contributed by atoms with van der Waals surface area (Å²) in [5.74, 6) is 0.782. The molecule has 0 N–H and O–H groups in total. The van der Waals surface area contributed by atoms with E-state index in [1.165, 1.54) is 0 Å². The molecular formula is C27H25NO5. The van der Waals surface area contributed by atoms with Gasteiger partial charge in [-0.05, 0) is 61.7 Å². The van der Waals surface area contributed by atoms with E-state index in [0.717, 1.165) is 28.4 Å². The number of ketones is 1. The molecule has 2 atom stereocenters. The Labute approximate surface area is 192 Å². The van der Waals surface area contributed by atoms with Gasteiger partial charge in [-0.1, -0.05) is 42.5 Å². The van der Waals surface area contributed by atoms with E-state index >= 15 is 0 Å². The number of aryl methyl sites for hydroxylation is 1. The summed E-state index contributed by atoms with van der Waals surface area (Å²) in [6.45, 7) is 2.06. The number of Topliss-reactive ketones (excluding diaryl/α,β-unsaturated/α-hetero) is 1. The van der Waals surface area contributed by atoms with Crippen molar-refractivity contribution in [3.63, 3.8) is 0 Å². The Morgan fingerprint density at radius 1 is 0.879 bits per heavy atom. The summed E-state index contributed by atoms with van der Waals surface area (Å²) in [5.41, 5.74) is 1.72. The molecule has 0 amide bonds. The number of cyclic esters (lactones) is 1. The summed E-state index contributed by atoms with van der Waals surface area (Å²) in [6, 6.07) is 23.7. The van der Waals surface area contributed by atoms with Gasteiger partial charge in [-0.25, -0.2) is 4.79 Å². The van der Waals surface area contributed by atoms with Gasteiger partial charge in [0, 0.05) is 17.8 Å². The molecule has 3 aromatic rings. The molecule has 33 heavy (non-hydrogen) atoms. The molecule has 0 aliphatic carbocycles. The van der Waals surface area contributed by atoms with Crippen LogP contribution >= 0.6 is 0 Å². The summed E-state index contributed by atoms with van der Waals surface area (Å²) in [5, 5.41) is 0. The Balaban J connectivity index is 1.35. The first-order valence-corrected chi connectivity index (χ1v) is 11.1. The van der Waals surface area contributed by atoms with Crippen molar-refractivity contribution in [2.75, 3.05) is 11.7 Å². The van der Waals surface area contributed by atoms with Gasteiger partial charge in [0.1, 0.15) is 5.60 Å². The molecule has 0 spiro atoms. The van der Waals surface area contributed by atoms with Gasteiger partial charge >= 0.3 is 5.97 Å². The Bertz CT molecular complexity index is 1100. The molecule has 3 aromatic carbocycles. The number of fused-ring (bicyclic) bond motifs is 1. The van der Waals surface area contributed by atoms with Crippen LogP contribution < -0.4 is 14.4 Å². The molecule has 1 fully saturated rings. The molecule has 2 aliphatic heterocycles. The molecule has 0 bridgehead atoms. The van der Waals surface area contributed by atoms with Gasteiger partial charge in [0.25, 0.3) is 0 Å². The maximum absolute atomic E-state index is 13.4. The van der Waals surface area contributed by atoms with Crippen molar-refractivity contribution in [3.05, 3.63) is 84.4 Å². The van der Waals surface area contributed by atoms with Crippen LogP contribution in [0.3, 0.4) is 0 Å². The lowest BCUT2D eigenvalue weighted by Crippen LogP contribution is -2.55. The third-order valence-corrected chi connectivity index (χ3v) is 6.13. The average Bonchev–Trinajstić information content (AvgIpc) is 3.29. The summed E-state index contributed by atoms with van der Waals surface area (Å²) < 4.78 is 16.7. The predicted octanol–water partition coefficient (Wildman–Crippen LogP) is 4.83. The fourth-order valence-corrected chi connectivity index (χ4v) is 4.45. The fourth-order valence-electron chi connectivity index (χ4n) is 4.45. The second kappa shape index (κ2) is 8.62. The predicted molar refractivity (Wildman–Crippen MR) is 124 cm³/mol. The molecule has 0 saturated carbocycles. The molecule has 0 radical (unpaired) electrons. The molecule has 2 heterocycles. The lowest BCUT2D eigenvalue weighted by molar-refractivity contribution is -0.171. The zero-order valence-electron chi connectivity index (χ0n) is 18.4. The Morgan fingerprint density at radius 3 is 2.15 bits per heavy atom. The van der Waals surface area contributed by atoms with Crippen molar-refractivity contribution in [2.45, 2.75) is 37.8 Å². The highest BCUT2D eigenvalue weighted by molar-refractivity contribution is 6.09. The fraction of sp³-hybridized carbons (Fsp3) is 0.259. The number of ether oxygens (including phenoxy) is 3. The van der Waals surface area contributed by atoms with Gasteiger partial charge in [-0.2, -0.15) is 0 Å². The van der Waals surface area contributed by atoms with Crippen LogP contribution in [0.25, 0.3) is 0 Å². The second-order valence-corrected chi connectivity index (χ2v) is 8.65. The summed E-state index contributed by atoms with van der Waals surface area (Å²) in [6.07, 6.45) is 1.34. The quantitative estimate of drug-likeness (QED) is 0.402. The lowest BCUT2D eigenvalue weighted by atomic mass is 9.86. The number of benzene rings is 3. The SMILES string of the molecule is CC1(CCc2ccc3c(c2)OCO3)CC(=O)C(N(c2ccccc2)c2ccccc2)C(=O)O1. The van der Waals surface area contributed by atoms with Gasteiger partial charge in [-0.15, -0.1) is 0 Å². The smallest absolute Gasteiger partial charge is 0.337 e. The molecule has 6 heteroatoms. The van der Waals surface area contributed by atoms with Gasteiger partial charge in [0.2, 0.25) is 6.79 Å². The zero-order valence-corrected chi connectivity index (χ0v) is 18.4. The number of esters is 1. The number of anilines is 2. The standard InChI is InChI=1S/C27H25NO5/c1-27(15-14-19-12-13-23-24(16-19)32-18-31-23)17-22(29)25(26(30)33-27)28(20-8-4-2-5-9-20)21-10-6-3-7-11-21/h2-13,16,25H,14-15,17-18H2,1H3. The van der Waals surface area contributed by atoms with Crippen LogP contribution in [0, 0.1) is 0 Å². The highest BCUT2D eigenvalue weighted by atomic mass is 16.7. The van der Waals surface area contributed by atoms with Crippen LogP contribution in [-0.4, -0.2) is 30.2 Å². The zero-order chi connectivity index (χ0) is 22.8. The largest absolute Gasteiger partial charge is 0.457 e. The maximum atomic E-state index is 13.4. The van der Waals surface area contributed by atoms with Crippen LogP contribution in [-0.2, 0) is 20.7 Å². The number of rotatable bonds is 6. The first-order valence-electron chi connectivity index (χ1n) is 11.1. The number of nitrogens with zero attached hydrogens (tertiary/aromatic N) is 1. The van der Waals surface area contributed by atoms with Crippen molar-refractivity contribution in [3.8, 4) is 11.5 Å². The third-order valence-electron chi connectivity index (χ3n) is 6.13. The van der Waals surface area contributed by atoms with E-state index in [0.29, 0.717) is 12.8 Å². The number of carbonyl (C=O) groups excluding carboxylic acids is 2. The first kappa shape index (κ1) is 21.1. The second-order valence-electron chi connectivity index (χ2n) is 8.65. The van der Waals surface area contributed by atoms with Crippen molar-refractivity contribution >= 4 is 23.1 Å². The minimum atomic E-state index is -1.02. The minimum absolute atomic E-state index is 0.146. The monoisotopic (exact) mass is 443 g/mol. The molecular weight excluding hydrogens is 418 g/mol. The van der Waals surface area contributed by atoms with E-state index in [-0.39, 0.29) is 19.0 Å². The van der Waals surface area contributed by atoms with Gasteiger partial charge in [0.15, 0.2) is 23.3 Å². The van der Waals surface area contributed by atoms with Crippen molar-refractivity contribution < 1.29 is 23.8 Å². The van der Waals surface area contributed by atoms with Crippen molar-refractivity contribution in [1.82, 2.24) is 0 Å². The minimum Gasteiger partial charge on any atom is -0.457 e. The Kier molecular flexibility index (Phi) is 5.50. The summed E-state index contributed by atoms with van der Waals surface area (Å²) in [4.78, 5) is 28.4. The van der Waals surface area contributed by atoms with Crippen LogP contribution in [0.1, 0.15) is 25.3 Å². The van der Waals surface area contributed by atoms with Crippen LogP contribution in [0.5, 0.6) is 11.5 Å². The van der Waals surface area contributed by atoms with Gasteiger partial charge in [0.05, 0.1) is 0 Å². The van der Waals surface area contributed by atoms with Crippen LogP contribution in [0.2, 0.25) is 0 Å². The van der Waals surface area contributed by atoms with Gasteiger partial charge < -0.3 is 19.1 Å². The molecule has 5 rings (SSSR count). The normalized spacial score (nSPS) is 21.5. The third kappa shape index (κ3) is 4.29. The molecule has 6 nitrogen and oxygen atoms in total. The molecule has 0 aromatic heterocycles. The van der Waals surface area contributed by atoms with Crippen LogP contribution in [0.15, 0.2) is 78.9 Å². The van der Waals surface area contributed by atoms with Crippen LogP contribution in [0.4, 0.5) is 11.4 Å². The molecule has 168 valence electrons. The molecule has 1 saturated heterocycles. The summed E-state index contributed by atoms with van der Waals surface area (Å²) >= 11 is 0. The number of para-hydroxylation sites is 2. The van der Waals surface area contributed by atoms with E-state index in [4.69, 9.17) is 14.2 Å². The van der Waals surface area contributed by atoms with E-state index in [2.05, 4.69) is 0 Å². The maximum Gasteiger partial charge on any atom is 0.337 e. The lowest BCUT2D eigenvalue weighted by Gasteiger charge is -2.40. The van der Waals surface area contributed by atoms with Crippen molar-refractivity contribution in [2.24, 2.45) is 0 Å². The van der Waals surface area contributed by atoms with E-state index in [9.17, 15) is 9.59 Å². The highest BCUT2D eigenvalue weighted by Crippen LogP contribution is 2.37. The number of carbonyl (C=O) groups is 2. The van der Waals surface area contributed by atoms with E-state index in [1.807, 2.05) is 85.8 Å².